The Kier molecular flexibility index (Phi) is 5.58. The topological polar surface area (TPSA) is 66.7 Å². The standard InChI is InChI=1S/C17H25N3O3/c1-4-18(5-2)17(21)14-6-7-15(16(12-14)20(22)23)19-10-8-13(3)9-11-19/h6-7,12-13H,4-5,8-11H2,1-3H3. The largest absolute Gasteiger partial charge is 0.366 e. The molecule has 1 aliphatic rings. The summed E-state index contributed by atoms with van der Waals surface area (Å²) in [5.74, 6) is 0.505. The van der Waals surface area contributed by atoms with Gasteiger partial charge < -0.3 is 9.80 Å². The maximum absolute atomic E-state index is 12.4. The molecular weight excluding hydrogens is 294 g/mol. The zero-order valence-electron chi connectivity index (χ0n) is 14.1. The fraction of sp³-hybridized carbons (Fsp3) is 0.588. The highest BCUT2D eigenvalue weighted by Crippen LogP contribution is 2.32. The van der Waals surface area contributed by atoms with Gasteiger partial charge in [-0.1, -0.05) is 6.92 Å². The number of amides is 1. The third-order valence-corrected chi connectivity index (χ3v) is 4.59. The molecule has 0 spiro atoms. The first-order valence-electron chi connectivity index (χ1n) is 8.30. The molecule has 0 unspecified atom stereocenters. The monoisotopic (exact) mass is 319 g/mol. The molecule has 0 aromatic heterocycles. The van der Waals surface area contributed by atoms with Crippen molar-refractivity contribution in [2.45, 2.75) is 33.6 Å². The van der Waals surface area contributed by atoms with E-state index < -0.39 is 0 Å². The van der Waals surface area contributed by atoms with Crippen LogP contribution in [0.3, 0.4) is 0 Å². The Labute approximate surface area is 137 Å². The number of nitrogens with zero attached hydrogens (tertiary/aromatic N) is 3. The number of hydrogen-bond donors (Lipinski definition) is 0. The summed E-state index contributed by atoms with van der Waals surface area (Å²) in [6.45, 7) is 8.84. The van der Waals surface area contributed by atoms with Crippen molar-refractivity contribution in [2.24, 2.45) is 5.92 Å². The van der Waals surface area contributed by atoms with Crippen molar-refractivity contribution >= 4 is 17.3 Å². The van der Waals surface area contributed by atoms with Crippen molar-refractivity contribution in [1.29, 1.82) is 0 Å². The fourth-order valence-corrected chi connectivity index (χ4v) is 3.01. The maximum atomic E-state index is 12.4. The number of nitro groups is 1. The molecule has 0 atom stereocenters. The van der Waals surface area contributed by atoms with Crippen LogP contribution in [0.2, 0.25) is 0 Å². The SMILES string of the molecule is CCN(CC)C(=O)c1ccc(N2CCC(C)CC2)c([N+](=O)[O-])c1. The average molecular weight is 319 g/mol. The second-order valence-corrected chi connectivity index (χ2v) is 6.11. The first-order chi connectivity index (χ1) is 11.0. The number of carbonyl (C=O) groups is 1. The Morgan fingerprint density at radius 3 is 2.43 bits per heavy atom. The summed E-state index contributed by atoms with van der Waals surface area (Å²) in [4.78, 5) is 27.2. The lowest BCUT2D eigenvalue weighted by molar-refractivity contribution is -0.384. The van der Waals surface area contributed by atoms with Crippen molar-refractivity contribution in [3.05, 3.63) is 33.9 Å². The number of carbonyl (C=O) groups excluding carboxylic acids is 1. The zero-order chi connectivity index (χ0) is 17.0. The highest BCUT2D eigenvalue weighted by molar-refractivity contribution is 5.95. The van der Waals surface area contributed by atoms with E-state index in [1.165, 1.54) is 6.07 Å². The lowest BCUT2D eigenvalue weighted by Crippen LogP contribution is -2.33. The van der Waals surface area contributed by atoms with Crippen molar-refractivity contribution in [3.63, 3.8) is 0 Å². The minimum Gasteiger partial charge on any atom is -0.366 e. The van der Waals surface area contributed by atoms with E-state index in [1.54, 1.807) is 17.0 Å². The van der Waals surface area contributed by atoms with E-state index in [4.69, 9.17) is 0 Å². The Hall–Kier alpha value is -2.11. The molecule has 1 aromatic carbocycles. The van der Waals surface area contributed by atoms with Gasteiger partial charge in [-0.25, -0.2) is 0 Å². The number of rotatable bonds is 5. The summed E-state index contributed by atoms with van der Waals surface area (Å²) in [6.07, 6.45) is 2.08. The third kappa shape index (κ3) is 3.81. The Balaban J connectivity index is 2.31. The summed E-state index contributed by atoms with van der Waals surface area (Å²) < 4.78 is 0. The number of anilines is 1. The van der Waals surface area contributed by atoms with Crippen LogP contribution >= 0.6 is 0 Å². The van der Waals surface area contributed by atoms with Crippen LogP contribution in [0.5, 0.6) is 0 Å². The molecule has 6 heteroatoms. The van der Waals surface area contributed by atoms with Crippen LogP contribution in [0.15, 0.2) is 18.2 Å². The normalized spacial score (nSPS) is 15.5. The van der Waals surface area contributed by atoms with Crippen LogP contribution in [-0.4, -0.2) is 41.9 Å². The predicted molar refractivity (Wildman–Crippen MR) is 91.0 cm³/mol. The summed E-state index contributed by atoms with van der Waals surface area (Å²) in [7, 11) is 0. The molecule has 1 aliphatic heterocycles. The highest BCUT2D eigenvalue weighted by Gasteiger charge is 2.25. The molecule has 0 aliphatic carbocycles. The van der Waals surface area contributed by atoms with Gasteiger partial charge in [0.2, 0.25) is 0 Å². The van der Waals surface area contributed by atoms with Crippen molar-refractivity contribution < 1.29 is 9.72 Å². The summed E-state index contributed by atoms with van der Waals surface area (Å²) in [6, 6.07) is 4.86. The van der Waals surface area contributed by atoms with Gasteiger partial charge in [0.1, 0.15) is 5.69 Å². The smallest absolute Gasteiger partial charge is 0.293 e. The Bertz CT molecular complexity index is 576. The van der Waals surface area contributed by atoms with Crippen LogP contribution in [0, 0.1) is 16.0 Å². The van der Waals surface area contributed by atoms with Crippen molar-refractivity contribution in [1.82, 2.24) is 4.90 Å². The molecule has 126 valence electrons. The molecule has 2 rings (SSSR count). The number of benzene rings is 1. The minimum atomic E-state index is -0.383. The predicted octanol–water partition coefficient (Wildman–Crippen LogP) is 3.31. The summed E-state index contributed by atoms with van der Waals surface area (Å²) >= 11 is 0. The van der Waals surface area contributed by atoms with Gasteiger partial charge in [-0.05, 0) is 44.7 Å². The van der Waals surface area contributed by atoms with Crippen LogP contribution in [0.1, 0.15) is 44.0 Å². The first kappa shape index (κ1) is 17.2. The lowest BCUT2D eigenvalue weighted by Gasteiger charge is -2.31. The molecule has 1 heterocycles. The molecule has 1 aromatic rings. The minimum absolute atomic E-state index is 0.0255. The van der Waals surface area contributed by atoms with Gasteiger partial charge in [-0.15, -0.1) is 0 Å². The summed E-state index contributed by atoms with van der Waals surface area (Å²) in [5, 5.41) is 11.5. The van der Waals surface area contributed by atoms with Gasteiger partial charge in [-0.3, -0.25) is 14.9 Å². The van der Waals surface area contributed by atoms with E-state index in [1.807, 2.05) is 13.8 Å². The molecule has 0 bridgehead atoms. The van der Waals surface area contributed by atoms with Crippen LogP contribution in [0.4, 0.5) is 11.4 Å². The number of hydrogen-bond acceptors (Lipinski definition) is 4. The molecule has 1 fully saturated rings. The Morgan fingerprint density at radius 2 is 1.91 bits per heavy atom. The van der Waals surface area contributed by atoms with Gasteiger partial charge in [0, 0.05) is 37.8 Å². The summed E-state index contributed by atoms with van der Waals surface area (Å²) in [5.41, 5.74) is 1.03. The van der Waals surface area contributed by atoms with E-state index in [9.17, 15) is 14.9 Å². The van der Waals surface area contributed by atoms with Crippen molar-refractivity contribution in [2.75, 3.05) is 31.1 Å². The molecule has 0 N–H and O–H groups in total. The van der Waals surface area contributed by atoms with Gasteiger partial charge >= 0.3 is 0 Å². The van der Waals surface area contributed by atoms with E-state index in [0.29, 0.717) is 30.3 Å². The zero-order valence-corrected chi connectivity index (χ0v) is 14.1. The molecule has 0 saturated carbocycles. The lowest BCUT2D eigenvalue weighted by atomic mass is 9.98. The second kappa shape index (κ2) is 7.44. The number of piperidine rings is 1. The van der Waals surface area contributed by atoms with E-state index >= 15 is 0 Å². The second-order valence-electron chi connectivity index (χ2n) is 6.11. The van der Waals surface area contributed by atoms with Crippen LogP contribution in [0.25, 0.3) is 0 Å². The van der Waals surface area contributed by atoms with E-state index in [-0.39, 0.29) is 16.5 Å². The maximum Gasteiger partial charge on any atom is 0.293 e. The van der Waals surface area contributed by atoms with Crippen molar-refractivity contribution in [3.8, 4) is 0 Å². The fourth-order valence-electron chi connectivity index (χ4n) is 3.01. The molecule has 1 amide bonds. The molecule has 0 radical (unpaired) electrons. The van der Waals surface area contributed by atoms with Crippen LogP contribution < -0.4 is 4.90 Å². The molecule has 1 saturated heterocycles. The van der Waals surface area contributed by atoms with E-state index in [0.717, 1.165) is 25.9 Å². The average Bonchev–Trinajstić information content (AvgIpc) is 2.56. The van der Waals surface area contributed by atoms with Gasteiger partial charge in [0.15, 0.2) is 0 Å². The molecular formula is C17H25N3O3. The highest BCUT2D eigenvalue weighted by atomic mass is 16.6. The van der Waals surface area contributed by atoms with E-state index in [2.05, 4.69) is 11.8 Å². The van der Waals surface area contributed by atoms with Gasteiger partial charge in [-0.2, -0.15) is 0 Å². The Morgan fingerprint density at radius 1 is 1.30 bits per heavy atom. The third-order valence-electron chi connectivity index (χ3n) is 4.59. The van der Waals surface area contributed by atoms with Crippen LogP contribution in [-0.2, 0) is 0 Å². The molecule has 6 nitrogen and oxygen atoms in total. The quantitative estimate of drug-likeness (QED) is 0.617. The van der Waals surface area contributed by atoms with Gasteiger partial charge in [0.25, 0.3) is 11.6 Å². The van der Waals surface area contributed by atoms with Gasteiger partial charge in [0.05, 0.1) is 4.92 Å². The molecule has 23 heavy (non-hydrogen) atoms. The first-order valence-corrected chi connectivity index (χ1v) is 8.30. The number of nitro benzene ring substituents is 1.